The van der Waals surface area contributed by atoms with Crippen molar-refractivity contribution in [2.45, 2.75) is 31.1 Å². The average Bonchev–Trinajstić information content (AvgIpc) is 2.91. The summed E-state index contributed by atoms with van der Waals surface area (Å²) in [7, 11) is 0. The number of aliphatic carboxylic acids is 1. The number of carbonyl (C=O) groups is 2. The first-order chi connectivity index (χ1) is 9.18. The number of likely N-dealkylation sites (tertiary alicyclic amines) is 1. The van der Waals surface area contributed by atoms with E-state index >= 15 is 0 Å². The van der Waals surface area contributed by atoms with Crippen molar-refractivity contribution in [2.75, 3.05) is 12.3 Å². The van der Waals surface area contributed by atoms with E-state index in [1.165, 1.54) is 9.78 Å². The molecular weight excluding hydrogens is 282 g/mol. The molecule has 0 bridgehead atoms. The van der Waals surface area contributed by atoms with Gasteiger partial charge in [-0.2, -0.15) is 0 Å². The van der Waals surface area contributed by atoms with Gasteiger partial charge in [0.25, 0.3) is 0 Å². The summed E-state index contributed by atoms with van der Waals surface area (Å²) in [6, 6.07) is 3.42. The highest BCUT2D eigenvalue weighted by atomic mass is 32.2. The molecule has 1 unspecified atom stereocenters. The minimum atomic E-state index is -0.878. The zero-order chi connectivity index (χ0) is 13.7. The molecule has 1 aromatic rings. The van der Waals surface area contributed by atoms with E-state index < -0.39 is 12.0 Å². The van der Waals surface area contributed by atoms with Gasteiger partial charge >= 0.3 is 5.97 Å². The van der Waals surface area contributed by atoms with Gasteiger partial charge < -0.3 is 10.0 Å². The van der Waals surface area contributed by atoms with Crippen LogP contribution < -0.4 is 0 Å². The number of thiophene rings is 1. The van der Waals surface area contributed by atoms with Crippen molar-refractivity contribution in [1.29, 1.82) is 0 Å². The summed E-state index contributed by atoms with van der Waals surface area (Å²) in [5.41, 5.74) is 0. The third kappa shape index (κ3) is 3.98. The second-order valence-corrected chi connectivity index (χ2v) is 6.53. The minimum Gasteiger partial charge on any atom is -0.480 e. The molecule has 1 aromatic heterocycles. The molecule has 1 amide bonds. The largest absolute Gasteiger partial charge is 0.480 e. The van der Waals surface area contributed by atoms with Crippen molar-refractivity contribution in [2.24, 2.45) is 0 Å². The van der Waals surface area contributed by atoms with E-state index in [2.05, 4.69) is 0 Å². The molecule has 2 heterocycles. The van der Waals surface area contributed by atoms with Gasteiger partial charge in [-0.1, -0.05) is 6.07 Å². The summed E-state index contributed by atoms with van der Waals surface area (Å²) in [6.07, 6.45) is 2.38. The minimum absolute atomic E-state index is 0.0475. The van der Waals surface area contributed by atoms with E-state index in [4.69, 9.17) is 5.11 Å². The van der Waals surface area contributed by atoms with Crippen LogP contribution in [0.1, 0.15) is 24.1 Å². The number of carboxylic acid groups (broad SMARTS) is 1. The average molecular weight is 299 g/mol. The van der Waals surface area contributed by atoms with Gasteiger partial charge in [0, 0.05) is 17.2 Å². The standard InChI is InChI=1S/C13H17NO3S2/c15-12(9-18-8-10-4-3-7-19-10)14-6-2-1-5-11(14)13(16)17/h3-4,7,11H,1-2,5-6,8-9H2,(H,16,17). The van der Waals surface area contributed by atoms with Crippen molar-refractivity contribution in [3.63, 3.8) is 0 Å². The Morgan fingerprint density at radius 3 is 3.00 bits per heavy atom. The first-order valence-corrected chi connectivity index (χ1v) is 8.34. The van der Waals surface area contributed by atoms with Crippen LogP contribution in [0.3, 0.4) is 0 Å². The molecule has 0 saturated carbocycles. The SMILES string of the molecule is O=C(O)C1CCCCN1C(=O)CSCc1cccs1. The summed E-state index contributed by atoms with van der Waals surface area (Å²) < 4.78 is 0. The summed E-state index contributed by atoms with van der Waals surface area (Å²) in [5, 5.41) is 11.2. The Balaban J connectivity index is 1.82. The molecule has 0 spiro atoms. The van der Waals surface area contributed by atoms with Crippen LogP contribution in [-0.4, -0.2) is 40.2 Å². The predicted molar refractivity (Wildman–Crippen MR) is 77.5 cm³/mol. The highest BCUT2D eigenvalue weighted by molar-refractivity contribution is 7.99. The lowest BCUT2D eigenvalue weighted by Gasteiger charge is -2.32. The third-order valence-corrected chi connectivity index (χ3v) is 5.18. The highest BCUT2D eigenvalue weighted by Crippen LogP contribution is 2.21. The van der Waals surface area contributed by atoms with Crippen LogP contribution in [0.2, 0.25) is 0 Å². The van der Waals surface area contributed by atoms with Crippen LogP contribution in [0.4, 0.5) is 0 Å². The maximum absolute atomic E-state index is 12.1. The normalized spacial score (nSPS) is 19.4. The molecule has 0 aromatic carbocycles. The fraction of sp³-hybridized carbons (Fsp3) is 0.538. The molecule has 1 fully saturated rings. The number of nitrogens with zero attached hydrogens (tertiary/aromatic N) is 1. The number of amides is 1. The van der Waals surface area contributed by atoms with E-state index in [-0.39, 0.29) is 5.91 Å². The fourth-order valence-corrected chi connectivity index (χ4v) is 3.95. The Hall–Kier alpha value is -1.01. The molecule has 1 aliphatic rings. The van der Waals surface area contributed by atoms with Gasteiger partial charge in [-0.25, -0.2) is 4.79 Å². The fourth-order valence-electron chi connectivity index (χ4n) is 2.20. The van der Waals surface area contributed by atoms with Gasteiger partial charge in [-0.15, -0.1) is 23.1 Å². The van der Waals surface area contributed by atoms with Gasteiger partial charge in [0.1, 0.15) is 6.04 Å². The smallest absolute Gasteiger partial charge is 0.326 e. The topological polar surface area (TPSA) is 57.6 Å². The Labute approximate surface area is 120 Å². The first-order valence-electron chi connectivity index (χ1n) is 6.31. The molecular formula is C13H17NO3S2. The summed E-state index contributed by atoms with van der Waals surface area (Å²) in [6.45, 7) is 0.579. The lowest BCUT2D eigenvalue weighted by Crippen LogP contribution is -2.48. The number of hydrogen-bond acceptors (Lipinski definition) is 4. The monoisotopic (exact) mass is 299 g/mol. The second kappa shape index (κ2) is 6.96. The molecule has 0 aliphatic carbocycles. The van der Waals surface area contributed by atoms with Crippen LogP contribution in [-0.2, 0) is 15.3 Å². The quantitative estimate of drug-likeness (QED) is 0.907. The van der Waals surface area contributed by atoms with Crippen LogP contribution in [0.15, 0.2) is 17.5 Å². The van der Waals surface area contributed by atoms with Gasteiger partial charge in [0.2, 0.25) is 5.91 Å². The highest BCUT2D eigenvalue weighted by Gasteiger charge is 2.31. The lowest BCUT2D eigenvalue weighted by atomic mass is 10.0. The number of thioether (sulfide) groups is 1. The zero-order valence-electron chi connectivity index (χ0n) is 10.6. The Bertz CT molecular complexity index is 433. The van der Waals surface area contributed by atoms with Gasteiger partial charge in [0.05, 0.1) is 5.75 Å². The van der Waals surface area contributed by atoms with Crippen molar-refractivity contribution in [3.05, 3.63) is 22.4 Å². The van der Waals surface area contributed by atoms with Crippen molar-refractivity contribution in [1.82, 2.24) is 4.90 Å². The van der Waals surface area contributed by atoms with Crippen LogP contribution in [0, 0.1) is 0 Å². The molecule has 1 aliphatic heterocycles. The molecule has 0 radical (unpaired) electrons. The molecule has 1 N–H and O–H groups in total. The van der Waals surface area contributed by atoms with Crippen molar-refractivity contribution >= 4 is 35.0 Å². The number of hydrogen-bond donors (Lipinski definition) is 1. The lowest BCUT2D eigenvalue weighted by molar-refractivity contribution is -0.150. The van der Waals surface area contributed by atoms with Crippen LogP contribution in [0.25, 0.3) is 0 Å². The van der Waals surface area contributed by atoms with Crippen molar-refractivity contribution in [3.8, 4) is 0 Å². The Morgan fingerprint density at radius 1 is 1.47 bits per heavy atom. The van der Waals surface area contributed by atoms with E-state index in [9.17, 15) is 9.59 Å². The molecule has 104 valence electrons. The summed E-state index contributed by atoms with van der Waals surface area (Å²) >= 11 is 3.23. The van der Waals surface area contributed by atoms with Crippen molar-refractivity contribution < 1.29 is 14.7 Å². The number of carbonyl (C=O) groups excluding carboxylic acids is 1. The van der Waals surface area contributed by atoms with Gasteiger partial charge in [-0.05, 0) is 30.7 Å². The number of carboxylic acids is 1. The van der Waals surface area contributed by atoms with E-state index in [0.717, 1.165) is 18.6 Å². The molecule has 19 heavy (non-hydrogen) atoms. The summed E-state index contributed by atoms with van der Waals surface area (Å²) in [4.78, 5) is 26.0. The molecule has 2 rings (SSSR count). The second-order valence-electron chi connectivity index (χ2n) is 4.51. The molecule has 4 nitrogen and oxygen atoms in total. The van der Waals surface area contributed by atoms with Crippen LogP contribution >= 0.6 is 23.1 Å². The van der Waals surface area contributed by atoms with E-state index in [0.29, 0.717) is 18.7 Å². The maximum Gasteiger partial charge on any atom is 0.326 e. The third-order valence-electron chi connectivity index (χ3n) is 3.16. The molecule has 1 saturated heterocycles. The Morgan fingerprint density at radius 2 is 2.32 bits per heavy atom. The first kappa shape index (κ1) is 14.4. The van der Waals surface area contributed by atoms with E-state index in [1.54, 1.807) is 23.1 Å². The number of rotatable bonds is 5. The van der Waals surface area contributed by atoms with Gasteiger partial charge in [0.15, 0.2) is 0 Å². The summed E-state index contributed by atoms with van der Waals surface area (Å²) in [5.74, 6) is 0.251. The predicted octanol–water partition coefficient (Wildman–Crippen LogP) is 2.45. The maximum atomic E-state index is 12.1. The number of piperidine rings is 1. The van der Waals surface area contributed by atoms with E-state index in [1.807, 2.05) is 17.5 Å². The van der Waals surface area contributed by atoms with Crippen LogP contribution in [0.5, 0.6) is 0 Å². The molecule has 6 heteroatoms. The Kier molecular flexibility index (Phi) is 5.27. The zero-order valence-corrected chi connectivity index (χ0v) is 12.2. The molecule has 1 atom stereocenters. The van der Waals surface area contributed by atoms with Gasteiger partial charge in [-0.3, -0.25) is 4.79 Å².